The molecule has 0 fully saturated rings. The highest BCUT2D eigenvalue weighted by molar-refractivity contribution is 7.80. The van der Waals surface area contributed by atoms with Gasteiger partial charge in [0.2, 0.25) is 0 Å². The predicted octanol–water partition coefficient (Wildman–Crippen LogP) is 2.82. The molecule has 0 radical (unpaired) electrons. The van der Waals surface area contributed by atoms with Gasteiger partial charge in [-0.3, -0.25) is 0 Å². The standard InChI is InChI=1S/C10H8ClNS/c1-6-4-10(13)12-9-3-2-7(11)5-8(6)9/h2-5,7H,1H3. The quantitative estimate of drug-likeness (QED) is 0.442. The third-order valence-electron chi connectivity index (χ3n) is 2.04. The third kappa shape index (κ3) is 1.64. The summed E-state index contributed by atoms with van der Waals surface area (Å²) in [7, 11) is 0. The second-order valence-corrected chi connectivity index (χ2v) is 3.97. The number of thiocarbonyl (C=S) groups is 1. The van der Waals surface area contributed by atoms with E-state index in [1.807, 2.05) is 31.2 Å². The molecule has 0 N–H and O–H groups in total. The number of hydrogen-bond donors (Lipinski definition) is 0. The fourth-order valence-corrected chi connectivity index (χ4v) is 1.89. The lowest BCUT2D eigenvalue weighted by Gasteiger charge is -2.17. The van der Waals surface area contributed by atoms with Gasteiger partial charge in [-0.1, -0.05) is 24.4 Å². The molecule has 0 bridgehead atoms. The van der Waals surface area contributed by atoms with Gasteiger partial charge >= 0.3 is 0 Å². The van der Waals surface area contributed by atoms with E-state index in [0.717, 1.165) is 16.9 Å². The van der Waals surface area contributed by atoms with Crippen molar-refractivity contribution in [2.24, 2.45) is 4.99 Å². The van der Waals surface area contributed by atoms with E-state index in [9.17, 15) is 0 Å². The Balaban J connectivity index is 2.48. The summed E-state index contributed by atoms with van der Waals surface area (Å²) in [5.74, 6) is 0. The van der Waals surface area contributed by atoms with Gasteiger partial charge in [-0.25, -0.2) is 4.99 Å². The zero-order valence-corrected chi connectivity index (χ0v) is 8.69. The van der Waals surface area contributed by atoms with Crippen LogP contribution in [0.25, 0.3) is 0 Å². The molecular formula is C10H8ClNS. The Morgan fingerprint density at radius 3 is 3.08 bits per heavy atom. The maximum absolute atomic E-state index is 5.96. The van der Waals surface area contributed by atoms with E-state index in [1.165, 1.54) is 0 Å². The van der Waals surface area contributed by atoms with Gasteiger partial charge in [0.15, 0.2) is 0 Å². The molecule has 0 amide bonds. The summed E-state index contributed by atoms with van der Waals surface area (Å²) in [5, 5.41) is -0.0241. The van der Waals surface area contributed by atoms with Crippen LogP contribution in [-0.4, -0.2) is 16.1 Å². The summed E-state index contributed by atoms with van der Waals surface area (Å²) in [6, 6.07) is 0. The monoisotopic (exact) mass is 209 g/mol. The lowest BCUT2D eigenvalue weighted by atomic mass is 9.95. The Morgan fingerprint density at radius 2 is 2.31 bits per heavy atom. The van der Waals surface area contributed by atoms with Crippen molar-refractivity contribution in [3.05, 3.63) is 35.5 Å². The predicted molar refractivity (Wildman–Crippen MR) is 60.7 cm³/mol. The molecule has 2 rings (SSSR count). The minimum absolute atomic E-state index is 0.0241. The summed E-state index contributed by atoms with van der Waals surface area (Å²) in [6.07, 6.45) is 7.72. The summed E-state index contributed by atoms with van der Waals surface area (Å²) in [4.78, 5) is 4.89. The normalized spacial score (nSPS) is 26.2. The first-order chi connectivity index (χ1) is 6.16. The van der Waals surface area contributed by atoms with Crippen molar-refractivity contribution in [2.75, 3.05) is 0 Å². The van der Waals surface area contributed by atoms with E-state index in [2.05, 4.69) is 4.99 Å². The molecule has 13 heavy (non-hydrogen) atoms. The van der Waals surface area contributed by atoms with Gasteiger partial charge in [0.05, 0.1) is 11.1 Å². The van der Waals surface area contributed by atoms with E-state index >= 15 is 0 Å². The van der Waals surface area contributed by atoms with Crippen LogP contribution in [0, 0.1) is 0 Å². The second-order valence-electron chi connectivity index (χ2n) is 3.05. The zero-order valence-electron chi connectivity index (χ0n) is 7.12. The molecule has 3 heteroatoms. The fraction of sp³-hybridized carbons (Fsp3) is 0.200. The summed E-state index contributed by atoms with van der Waals surface area (Å²) < 4.78 is 0. The SMILES string of the molecule is CC1=CC(=S)N=C2C=CC(Cl)C=C12. The Bertz CT molecular complexity index is 388. The van der Waals surface area contributed by atoms with Crippen molar-refractivity contribution < 1.29 is 0 Å². The minimum atomic E-state index is -0.0241. The number of rotatable bonds is 0. The Labute approximate surface area is 87.5 Å². The number of fused-ring (bicyclic) bond motifs is 1. The van der Waals surface area contributed by atoms with Crippen LogP contribution in [0.3, 0.4) is 0 Å². The first-order valence-corrected chi connectivity index (χ1v) is 4.87. The Kier molecular flexibility index (Phi) is 2.18. The molecule has 1 nitrogen and oxygen atoms in total. The third-order valence-corrected chi connectivity index (χ3v) is 2.52. The van der Waals surface area contributed by atoms with Crippen molar-refractivity contribution in [3.8, 4) is 0 Å². The molecule has 1 aliphatic heterocycles. The van der Waals surface area contributed by atoms with Crippen LogP contribution < -0.4 is 0 Å². The number of allylic oxidation sites excluding steroid dienone is 5. The van der Waals surface area contributed by atoms with Crippen LogP contribution in [0.4, 0.5) is 0 Å². The van der Waals surface area contributed by atoms with E-state index in [0.29, 0.717) is 4.99 Å². The van der Waals surface area contributed by atoms with Crippen LogP contribution in [-0.2, 0) is 0 Å². The van der Waals surface area contributed by atoms with Crippen LogP contribution in [0.1, 0.15) is 6.92 Å². The number of nitrogens with zero attached hydrogens (tertiary/aromatic N) is 1. The van der Waals surface area contributed by atoms with E-state index < -0.39 is 0 Å². The Hall–Kier alpha value is -0.730. The highest BCUT2D eigenvalue weighted by Crippen LogP contribution is 2.23. The topological polar surface area (TPSA) is 12.4 Å². The molecule has 2 aliphatic rings. The van der Waals surface area contributed by atoms with Gasteiger partial charge in [-0.15, -0.1) is 11.6 Å². The van der Waals surface area contributed by atoms with Crippen LogP contribution in [0.15, 0.2) is 40.4 Å². The van der Waals surface area contributed by atoms with Gasteiger partial charge in [0.25, 0.3) is 0 Å². The number of hydrogen-bond acceptors (Lipinski definition) is 1. The van der Waals surface area contributed by atoms with Crippen molar-refractivity contribution in [2.45, 2.75) is 12.3 Å². The number of dihydropyridines is 1. The van der Waals surface area contributed by atoms with E-state index in [1.54, 1.807) is 0 Å². The van der Waals surface area contributed by atoms with E-state index in [-0.39, 0.29) is 5.38 Å². The summed E-state index contributed by atoms with van der Waals surface area (Å²) in [6.45, 7) is 2.02. The molecule has 0 saturated carbocycles. The first kappa shape index (κ1) is 8.85. The van der Waals surface area contributed by atoms with Gasteiger partial charge in [-0.05, 0) is 24.6 Å². The maximum atomic E-state index is 5.96. The molecule has 1 atom stereocenters. The van der Waals surface area contributed by atoms with Crippen LogP contribution >= 0.6 is 23.8 Å². The average Bonchev–Trinajstić information content (AvgIpc) is 2.06. The molecule has 1 aliphatic carbocycles. The number of aliphatic imine (C=N–C) groups is 1. The minimum Gasteiger partial charge on any atom is -0.237 e. The molecule has 0 aromatic carbocycles. The summed E-state index contributed by atoms with van der Waals surface area (Å²) in [5.41, 5.74) is 3.18. The first-order valence-electron chi connectivity index (χ1n) is 4.02. The van der Waals surface area contributed by atoms with Gasteiger partial charge in [0.1, 0.15) is 4.99 Å². The van der Waals surface area contributed by atoms with Crippen molar-refractivity contribution in [1.29, 1.82) is 0 Å². The molecule has 0 aromatic rings. The maximum Gasteiger partial charge on any atom is 0.127 e. The summed E-state index contributed by atoms with van der Waals surface area (Å²) >= 11 is 11.0. The number of alkyl halides is 1. The lowest BCUT2D eigenvalue weighted by molar-refractivity contribution is 1.30. The molecular weight excluding hydrogens is 202 g/mol. The fourth-order valence-electron chi connectivity index (χ4n) is 1.42. The highest BCUT2D eigenvalue weighted by Gasteiger charge is 2.17. The average molecular weight is 210 g/mol. The van der Waals surface area contributed by atoms with Crippen LogP contribution in [0.2, 0.25) is 0 Å². The van der Waals surface area contributed by atoms with Crippen molar-refractivity contribution in [1.82, 2.24) is 0 Å². The number of halogens is 1. The molecule has 1 unspecified atom stereocenters. The van der Waals surface area contributed by atoms with Crippen LogP contribution in [0.5, 0.6) is 0 Å². The Morgan fingerprint density at radius 1 is 1.54 bits per heavy atom. The molecule has 66 valence electrons. The molecule has 1 heterocycles. The molecule has 0 aromatic heterocycles. The largest absolute Gasteiger partial charge is 0.237 e. The molecule has 0 saturated heterocycles. The zero-order chi connectivity index (χ0) is 9.42. The highest BCUT2D eigenvalue weighted by atomic mass is 35.5. The van der Waals surface area contributed by atoms with Crippen molar-refractivity contribution in [3.63, 3.8) is 0 Å². The molecule has 0 spiro atoms. The van der Waals surface area contributed by atoms with Gasteiger partial charge in [0, 0.05) is 5.57 Å². The second kappa shape index (κ2) is 3.20. The smallest absolute Gasteiger partial charge is 0.127 e. The van der Waals surface area contributed by atoms with Gasteiger partial charge < -0.3 is 0 Å². The lowest BCUT2D eigenvalue weighted by Crippen LogP contribution is -2.14. The van der Waals surface area contributed by atoms with Crippen molar-refractivity contribution >= 4 is 34.5 Å². The van der Waals surface area contributed by atoms with E-state index in [4.69, 9.17) is 23.8 Å². The van der Waals surface area contributed by atoms with Gasteiger partial charge in [-0.2, -0.15) is 0 Å².